The predicted octanol–water partition coefficient (Wildman–Crippen LogP) is 3.77. The van der Waals surface area contributed by atoms with Gasteiger partial charge in [-0.3, -0.25) is 19.3 Å². The molecule has 2 aromatic rings. The summed E-state index contributed by atoms with van der Waals surface area (Å²) in [6.45, 7) is 2.19. The summed E-state index contributed by atoms with van der Waals surface area (Å²) in [5, 5.41) is 3.10. The lowest BCUT2D eigenvalue weighted by Crippen LogP contribution is -2.36. The Hall–Kier alpha value is -2.95. The summed E-state index contributed by atoms with van der Waals surface area (Å²) in [5.41, 5.74) is 3.15. The van der Waals surface area contributed by atoms with Gasteiger partial charge in [0.05, 0.1) is 17.9 Å². The fourth-order valence-corrected chi connectivity index (χ4v) is 4.66. The summed E-state index contributed by atoms with van der Waals surface area (Å²) >= 11 is 0. The molecule has 4 rings (SSSR count). The summed E-state index contributed by atoms with van der Waals surface area (Å²) in [4.78, 5) is 39.4. The third-order valence-electron chi connectivity index (χ3n) is 6.34. The maximum atomic E-state index is 12.8. The lowest BCUT2D eigenvalue weighted by Gasteiger charge is -2.21. The van der Waals surface area contributed by atoms with E-state index in [4.69, 9.17) is 0 Å². The standard InChI is InChI=1S/C25H28N2O3/c1-17-11-13-19(14-12-17)23(18-7-3-2-4-8-18)26-22(28)15-16-27-24(29)20-9-5-6-10-21(20)25(27)30/h2-4,7-8,11-14,20-21,23H,5-6,9-10,15-16H2,1H3,(H,26,28). The number of nitrogens with zero attached hydrogens (tertiary/aromatic N) is 1. The number of fused-ring (bicyclic) bond motifs is 1. The summed E-state index contributed by atoms with van der Waals surface area (Å²) in [7, 11) is 0. The van der Waals surface area contributed by atoms with Crippen LogP contribution in [0.3, 0.4) is 0 Å². The molecule has 1 aliphatic heterocycles. The van der Waals surface area contributed by atoms with Gasteiger partial charge in [0.25, 0.3) is 0 Å². The number of benzene rings is 2. The molecule has 2 aliphatic rings. The van der Waals surface area contributed by atoms with Crippen molar-refractivity contribution in [1.29, 1.82) is 0 Å². The molecule has 3 amide bonds. The minimum Gasteiger partial charge on any atom is -0.345 e. The number of nitrogens with one attached hydrogen (secondary N) is 1. The molecule has 156 valence electrons. The highest BCUT2D eigenvalue weighted by atomic mass is 16.2. The van der Waals surface area contributed by atoms with E-state index in [2.05, 4.69) is 5.32 Å². The fourth-order valence-electron chi connectivity index (χ4n) is 4.66. The second-order valence-electron chi connectivity index (χ2n) is 8.40. The molecule has 3 atom stereocenters. The monoisotopic (exact) mass is 404 g/mol. The van der Waals surface area contributed by atoms with Crippen LogP contribution >= 0.6 is 0 Å². The summed E-state index contributed by atoms with van der Waals surface area (Å²) in [5.74, 6) is -0.677. The smallest absolute Gasteiger partial charge is 0.233 e. The average Bonchev–Trinajstić information content (AvgIpc) is 3.02. The lowest BCUT2D eigenvalue weighted by atomic mass is 9.81. The first-order valence-electron chi connectivity index (χ1n) is 10.8. The number of hydrogen-bond donors (Lipinski definition) is 1. The van der Waals surface area contributed by atoms with Crippen molar-refractivity contribution in [2.45, 2.75) is 45.1 Å². The van der Waals surface area contributed by atoms with E-state index in [1.165, 1.54) is 4.90 Å². The molecule has 1 heterocycles. The Morgan fingerprint density at radius 2 is 1.50 bits per heavy atom. The lowest BCUT2D eigenvalue weighted by molar-refractivity contribution is -0.140. The molecular weight excluding hydrogens is 376 g/mol. The van der Waals surface area contributed by atoms with Crippen molar-refractivity contribution in [3.8, 4) is 0 Å². The van der Waals surface area contributed by atoms with E-state index in [-0.39, 0.29) is 48.6 Å². The van der Waals surface area contributed by atoms with E-state index in [1.807, 2.05) is 61.5 Å². The highest BCUT2D eigenvalue weighted by Gasteiger charge is 2.47. The highest BCUT2D eigenvalue weighted by Crippen LogP contribution is 2.38. The van der Waals surface area contributed by atoms with Crippen LogP contribution in [0.4, 0.5) is 0 Å². The quantitative estimate of drug-likeness (QED) is 0.746. The first-order valence-corrected chi connectivity index (χ1v) is 10.8. The average molecular weight is 405 g/mol. The third-order valence-corrected chi connectivity index (χ3v) is 6.34. The maximum absolute atomic E-state index is 12.8. The van der Waals surface area contributed by atoms with Gasteiger partial charge in [-0.25, -0.2) is 0 Å². The molecule has 1 N–H and O–H groups in total. The van der Waals surface area contributed by atoms with Crippen LogP contribution in [-0.2, 0) is 14.4 Å². The Balaban J connectivity index is 1.44. The number of carbonyl (C=O) groups excluding carboxylic acids is 3. The molecule has 30 heavy (non-hydrogen) atoms. The second kappa shape index (κ2) is 8.82. The molecule has 0 spiro atoms. The number of hydrogen-bond acceptors (Lipinski definition) is 3. The van der Waals surface area contributed by atoms with Gasteiger partial charge in [0.15, 0.2) is 0 Å². The van der Waals surface area contributed by atoms with Crippen molar-refractivity contribution < 1.29 is 14.4 Å². The zero-order valence-corrected chi connectivity index (χ0v) is 17.3. The molecule has 0 radical (unpaired) electrons. The molecule has 5 nitrogen and oxygen atoms in total. The Morgan fingerprint density at radius 1 is 0.933 bits per heavy atom. The molecule has 1 aliphatic carbocycles. The topological polar surface area (TPSA) is 66.5 Å². The van der Waals surface area contributed by atoms with E-state index < -0.39 is 0 Å². The molecular formula is C25H28N2O3. The van der Waals surface area contributed by atoms with Gasteiger partial charge in [-0.05, 0) is 30.9 Å². The van der Waals surface area contributed by atoms with Crippen LogP contribution in [0.5, 0.6) is 0 Å². The fraction of sp³-hybridized carbons (Fsp3) is 0.400. The van der Waals surface area contributed by atoms with Crippen LogP contribution in [0.15, 0.2) is 54.6 Å². The van der Waals surface area contributed by atoms with Crippen LogP contribution < -0.4 is 5.32 Å². The zero-order valence-electron chi connectivity index (χ0n) is 17.3. The third kappa shape index (κ3) is 4.16. The van der Waals surface area contributed by atoms with Gasteiger partial charge in [-0.2, -0.15) is 0 Å². The van der Waals surface area contributed by atoms with Gasteiger partial charge in [0, 0.05) is 13.0 Å². The van der Waals surface area contributed by atoms with Gasteiger partial charge in [-0.15, -0.1) is 0 Å². The number of carbonyl (C=O) groups is 3. The molecule has 1 saturated carbocycles. The van der Waals surface area contributed by atoms with Crippen molar-refractivity contribution in [1.82, 2.24) is 10.2 Å². The Morgan fingerprint density at radius 3 is 2.10 bits per heavy atom. The van der Waals surface area contributed by atoms with E-state index >= 15 is 0 Å². The number of imide groups is 1. The first-order chi connectivity index (χ1) is 14.5. The van der Waals surface area contributed by atoms with Crippen molar-refractivity contribution >= 4 is 17.7 Å². The minimum atomic E-state index is -0.271. The van der Waals surface area contributed by atoms with E-state index in [1.54, 1.807) is 0 Å². The van der Waals surface area contributed by atoms with E-state index in [0.29, 0.717) is 0 Å². The van der Waals surface area contributed by atoms with Crippen LogP contribution in [0.25, 0.3) is 0 Å². The Kier molecular flexibility index (Phi) is 5.98. The normalized spacial score (nSPS) is 22.0. The van der Waals surface area contributed by atoms with Crippen molar-refractivity contribution in [3.63, 3.8) is 0 Å². The van der Waals surface area contributed by atoms with Crippen LogP contribution in [0.1, 0.15) is 54.8 Å². The van der Waals surface area contributed by atoms with Crippen molar-refractivity contribution in [2.75, 3.05) is 6.54 Å². The van der Waals surface area contributed by atoms with Gasteiger partial charge in [0.2, 0.25) is 17.7 Å². The number of likely N-dealkylation sites (tertiary alicyclic amines) is 1. The summed E-state index contributed by atoms with van der Waals surface area (Å²) < 4.78 is 0. The second-order valence-corrected chi connectivity index (χ2v) is 8.40. The van der Waals surface area contributed by atoms with Gasteiger partial charge >= 0.3 is 0 Å². The van der Waals surface area contributed by atoms with Gasteiger partial charge in [0.1, 0.15) is 0 Å². The highest BCUT2D eigenvalue weighted by molar-refractivity contribution is 6.05. The summed E-state index contributed by atoms with van der Waals surface area (Å²) in [6.07, 6.45) is 3.71. The largest absolute Gasteiger partial charge is 0.345 e. The van der Waals surface area contributed by atoms with Crippen molar-refractivity contribution in [3.05, 3.63) is 71.3 Å². The van der Waals surface area contributed by atoms with E-state index in [9.17, 15) is 14.4 Å². The first kappa shape index (κ1) is 20.3. The SMILES string of the molecule is Cc1ccc(C(NC(=O)CCN2C(=O)C3CCCCC3C2=O)c2ccccc2)cc1. The number of rotatable bonds is 6. The maximum Gasteiger partial charge on any atom is 0.233 e. The number of amides is 3. The van der Waals surface area contributed by atoms with Crippen LogP contribution in [-0.4, -0.2) is 29.2 Å². The molecule has 0 aromatic heterocycles. The molecule has 3 unspecified atom stereocenters. The van der Waals surface area contributed by atoms with E-state index in [0.717, 1.165) is 42.4 Å². The molecule has 5 heteroatoms. The summed E-state index contributed by atoms with van der Waals surface area (Å²) in [6, 6.07) is 17.6. The predicted molar refractivity (Wildman–Crippen MR) is 114 cm³/mol. The zero-order chi connectivity index (χ0) is 21.1. The number of aryl methyl sites for hydroxylation is 1. The van der Waals surface area contributed by atoms with Gasteiger partial charge < -0.3 is 5.32 Å². The Bertz CT molecular complexity index is 899. The molecule has 0 bridgehead atoms. The van der Waals surface area contributed by atoms with Crippen LogP contribution in [0, 0.1) is 18.8 Å². The van der Waals surface area contributed by atoms with Gasteiger partial charge in [-0.1, -0.05) is 73.0 Å². The van der Waals surface area contributed by atoms with Crippen molar-refractivity contribution in [2.24, 2.45) is 11.8 Å². The molecule has 2 aromatic carbocycles. The Labute approximate surface area is 177 Å². The molecule has 2 fully saturated rings. The van der Waals surface area contributed by atoms with Crippen LogP contribution in [0.2, 0.25) is 0 Å². The minimum absolute atomic E-state index is 0.0874. The molecule has 1 saturated heterocycles.